The molecule has 24 heavy (non-hydrogen) atoms. The Morgan fingerprint density at radius 1 is 1.46 bits per heavy atom. The van der Waals surface area contributed by atoms with Gasteiger partial charge in [-0.3, -0.25) is 9.59 Å². The van der Waals surface area contributed by atoms with Crippen molar-refractivity contribution in [1.29, 1.82) is 0 Å². The maximum Gasteiger partial charge on any atom is 0.268 e. The first-order chi connectivity index (χ1) is 11.5. The first kappa shape index (κ1) is 17.0. The lowest BCUT2D eigenvalue weighted by Crippen LogP contribution is -2.66. The highest BCUT2D eigenvalue weighted by Gasteiger charge is 2.56. The van der Waals surface area contributed by atoms with Gasteiger partial charge in [-0.15, -0.1) is 0 Å². The van der Waals surface area contributed by atoms with E-state index in [9.17, 15) is 9.59 Å². The Kier molecular flexibility index (Phi) is 4.64. The topological polar surface area (TPSA) is 95.6 Å². The number of primary amides is 1. The molecule has 2 atom stereocenters. The molecule has 3 rings (SSSR count). The van der Waals surface area contributed by atoms with E-state index < -0.39 is 5.91 Å². The lowest BCUT2D eigenvalue weighted by Gasteiger charge is -2.57. The smallest absolute Gasteiger partial charge is 0.268 e. The van der Waals surface area contributed by atoms with E-state index in [1.165, 1.54) is 6.07 Å². The van der Waals surface area contributed by atoms with Crippen molar-refractivity contribution in [2.24, 2.45) is 18.2 Å². The lowest BCUT2D eigenvalue weighted by atomic mass is 9.57. The number of carbonyl (C=O) groups excluding carboxylic acids is 2. The van der Waals surface area contributed by atoms with Crippen molar-refractivity contribution in [3.8, 4) is 0 Å². The summed E-state index contributed by atoms with van der Waals surface area (Å²) in [5.41, 5.74) is 6.02. The fourth-order valence-electron chi connectivity index (χ4n) is 3.96. The van der Waals surface area contributed by atoms with E-state index in [4.69, 9.17) is 15.2 Å². The number of ether oxygens (including phenoxy) is 2. The zero-order valence-electron chi connectivity index (χ0n) is 14.2. The number of amides is 2. The van der Waals surface area contributed by atoms with Crippen molar-refractivity contribution >= 4 is 11.8 Å². The summed E-state index contributed by atoms with van der Waals surface area (Å²) < 4.78 is 13.0. The quantitative estimate of drug-likeness (QED) is 0.833. The van der Waals surface area contributed by atoms with Crippen LogP contribution in [0.1, 0.15) is 47.0 Å². The average molecular weight is 335 g/mol. The molecular formula is C17H25N3O4. The Labute approximate surface area is 141 Å². The van der Waals surface area contributed by atoms with Gasteiger partial charge in [0, 0.05) is 44.5 Å². The minimum atomic E-state index is -0.536. The fraction of sp³-hybridized carbons (Fsp3) is 0.647. The van der Waals surface area contributed by atoms with Gasteiger partial charge in [-0.25, -0.2) is 0 Å². The van der Waals surface area contributed by atoms with Gasteiger partial charge in [0.25, 0.3) is 5.91 Å². The normalized spacial score (nSPS) is 25.2. The maximum absolute atomic E-state index is 12.6. The SMILES string of the molecule is CCO[C@@H]1C[C@@H](NC(=O)c2cc(C(N)=O)cn2C)C12CCOCC2. The molecule has 1 aromatic rings. The number of hydrogen-bond acceptors (Lipinski definition) is 4. The van der Waals surface area contributed by atoms with Crippen LogP contribution in [0.15, 0.2) is 12.3 Å². The Morgan fingerprint density at radius 3 is 2.75 bits per heavy atom. The Bertz CT molecular complexity index is 634. The molecule has 2 fully saturated rings. The summed E-state index contributed by atoms with van der Waals surface area (Å²) in [6.45, 7) is 4.07. The van der Waals surface area contributed by atoms with Crippen LogP contribution in [0.5, 0.6) is 0 Å². The molecule has 0 bridgehead atoms. The van der Waals surface area contributed by atoms with E-state index in [1.54, 1.807) is 17.8 Å². The second kappa shape index (κ2) is 6.57. The van der Waals surface area contributed by atoms with Crippen molar-refractivity contribution in [3.05, 3.63) is 23.5 Å². The molecule has 2 amide bonds. The highest BCUT2D eigenvalue weighted by Crippen LogP contribution is 2.50. The van der Waals surface area contributed by atoms with Crippen LogP contribution >= 0.6 is 0 Å². The lowest BCUT2D eigenvalue weighted by molar-refractivity contribution is -0.170. The van der Waals surface area contributed by atoms with Crippen LogP contribution in [-0.2, 0) is 16.5 Å². The molecule has 1 aliphatic carbocycles. The molecule has 132 valence electrons. The first-order valence-electron chi connectivity index (χ1n) is 8.44. The number of nitrogens with zero attached hydrogens (tertiary/aromatic N) is 1. The molecule has 3 N–H and O–H groups in total. The van der Waals surface area contributed by atoms with Crippen molar-refractivity contribution < 1.29 is 19.1 Å². The summed E-state index contributed by atoms with van der Waals surface area (Å²) in [5, 5.41) is 3.13. The third-order valence-electron chi connectivity index (χ3n) is 5.40. The minimum Gasteiger partial charge on any atom is -0.381 e. The van der Waals surface area contributed by atoms with Gasteiger partial charge >= 0.3 is 0 Å². The Morgan fingerprint density at radius 2 is 2.17 bits per heavy atom. The van der Waals surface area contributed by atoms with E-state index in [0.717, 1.165) is 19.3 Å². The second-order valence-electron chi connectivity index (χ2n) is 6.64. The van der Waals surface area contributed by atoms with Crippen LogP contribution in [0.25, 0.3) is 0 Å². The van der Waals surface area contributed by atoms with Gasteiger partial charge < -0.3 is 25.1 Å². The van der Waals surface area contributed by atoms with Crippen LogP contribution in [0, 0.1) is 5.41 Å². The minimum absolute atomic E-state index is 0.0401. The maximum atomic E-state index is 12.6. The Hall–Kier alpha value is -1.86. The highest BCUT2D eigenvalue weighted by molar-refractivity contribution is 5.98. The van der Waals surface area contributed by atoms with Gasteiger partial charge in [-0.2, -0.15) is 0 Å². The van der Waals surface area contributed by atoms with Crippen molar-refractivity contribution in [1.82, 2.24) is 9.88 Å². The van der Waals surface area contributed by atoms with Crippen molar-refractivity contribution in [2.75, 3.05) is 19.8 Å². The molecule has 2 heterocycles. The molecule has 1 aromatic heterocycles. The van der Waals surface area contributed by atoms with Gasteiger partial charge in [0.1, 0.15) is 5.69 Å². The van der Waals surface area contributed by atoms with Crippen LogP contribution in [-0.4, -0.2) is 48.3 Å². The number of hydrogen-bond donors (Lipinski definition) is 2. The largest absolute Gasteiger partial charge is 0.381 e. The van der Waals surface area contributed by atoms with E-state index >= 15 is 0 Å². The summed E-state index contributed by atoms with van der Waals surface area (Å²) in [5.74, 6) is -0.721. The molecule has 7 heteroatoms. The standard InChI is InChI=1S/C17H25N3O4/c1-3-24-14-9-13(17(14)4-6-23-7-5-17)19-16(22)12-8-11(15(18)21)10-20(12)2/h8,10,13-14H,3-7,9H2,1-2H3,(H2,18,21)(H,19,22)/t13-,14-/m1/s1. The van der Waals surface area contributed by atoms with Crippen molar-refractivity contribution in [3.63, 3.8) is 0 Å². The predicted octanol–water partition coefficient (Wildman–Crippen LogP) is 0.828. The summed E-state index contributed by atoms with van der Waals surface area (Å²) in [6, 6.07) is 1.60. The van der Waals surface area contributed by atoms with Crippen LogP contribution in [0.2, 0.25) is 0 Å². The first-order valence-corrected chi connectivity index (χ1v) is 8.44. The van der Waals surface area contributed by atoms with Crippen LogP contribution in [0.4, 0.5) is 0 Å². The van der Waals surface area contributed by atoms with Gasteiger partial charge in [0.05, 0.1) is 11.7 Å². The average Bonchev–Trinajstić information content (AvgIpc) is 2.97. The predicted molar refractivity (Wildman–Crippen MR) is 87.7 cm³/mol. The summed E-state index contributed by atoms with van der Waals surface area (Å²) >= 11 is 0. The third kappa shape index (κ3) is 2.82. The zero-order chi connectivity index (χ0) is 17.3. The third-order valence-corrected chi connectivity index (χ3v) is 5.40. The van der Waals surface area contributed by atoms with Crippen molar-refractivity contribution in [2.45, 2.75) is 38.3 Å². The van der Waals surface area contributed by atoms with E-state index in [0.29, 0.717) is 31.1 Å². The zero-order valence-corrected chi connectivity index (χ0v) is 14.2. The van der Waals surface area contributed by atoms with E-state index in [2.05, 4.69) is 5.32 Å². The van der Waals surface area contributed by atoms with Gasteiger partial charge in [0.15, 0.2) is 0 Å². The van der Waals surface area contributed by atoms with Gasteiger partial charge in [-0.1, -0.05) is 0 Å². The second-order valence-corrected chi connectivity index (χ2v) is 6.64. The number of aryl methyl sites for hydroxylation is 1. The molecule has 2 aliphatic rings. The van der Waals surface area contributed by atoms with Gasteiger partial charge in [-0.05, 0) is 32.3 Å². The molecule has 1 aliphatic heterocycles. The number of nitrogens with two attached hydrogens (primary N) is 1. The van der Waals surface area contributed by atoms with E-state index in [1.807, 2.05) is 6.92 Å². The molecule has 7 nitrogen and oxygen atoms in total. The monoisotopic (exact) mass is 335 g/mol. The van der Waals surface area contributed by atoms with Crippen LogP contribution in [0.3, 0.4) is 0 Å². The molecule has 0 aromatic carbocycles. The summed E-state index contributed by atoms with van der Waals surface area (Å²) in [4.78, 5) is 23.9. The molecule has 0 unspecified atom stereocenters. The fourth-order valence-corrected chi connectivity index (χ4v) is 3.96. The molecule has 1 spiro atoms. The van der Waals surface area contributed by atoms with Gasteiger partial charge in [0.2, 0.25) is 5.91 Å². The van der Waals surface area contributed by atoms with Crippen LogP contribution < -0.4 is 11.1 Å². The summed E-state index contributed by atoms with van der Waals surface area (Å²) in [7, 11) is 1.73. The number of rotatable bonds is 5. The number of aromatic nitrogens is 1. The summed E-state index contributed by atoms with van der Waals surface area (Å²) in [6.07, 6.45) is 4.34. The molecule has 1 saturated heterocycles. The number of carbonyl (C=O) groups is 2. The number of nitrogens with one attached hydrogen (secondary N) is 1. The van der Waals surface area contributed by atoms with E-state index in [-0.39, 0.29) is 23.5 Å². The highest BCUT2D eigenvalue weighted by atomic mass is 16.5. The molecule has 0 radical (unpaired) electrons. The molecule has 1 saturated carbocycles. The molecular weight excluding hydrogens is 310 g/mol. The Balaban J connectivity index is 1.73.